The topological polar surface area (TPSA) is 66.4 Å². The van der Waals surface area contributed by atoms with Crippen molar-refractivity contribution in [1.82, 2.24) is 5.32 Å². The molecule has 0 saturated carbocycles. The highest BCUT2D eigenvalue weighted by atomic mass is 16.4. The zero-order valence-electron chi connectivity index (χ0n) is 13.1. The third-order valence-corrected chi connectivity index (χ3v) is 4.33. The van der Waals surface area contributed by atoms with Crippen molar-refractivity contribution < 1.29 is 14.7 Å². The van der Waals surface area contributed by atoms with Crippen LogP contribution in [-0.2, 0) is 9.59 Å². The predicted octanol–water partition coefficient (Wildman–Crippen LogP) is 3.02. The first-order chi connectivity index (χ1) is 11.0. The van der Waals surface area contributed by atoms with Gasteiger partial charge in [-0.1, -0.05) is 62.4 Å². The average molecular weight is 309 g/mol. The first kappa shape index (κ1) is 15.3. The zero-order valence-corrected chi connectivity index (χ0v) is 13.1. The Hall–Kier alpha value is -2.62. The molecule has 0 aromatic heterocycles. The summed E-state index contributed by atoms with van der Waals surface area (Å²) in [6, 6.07) is 14.7. The van der Waals surface area contributed by atoms with E-state index in [4.69, 9.17) is 0 Å². The fraction of sp³-hybridized carbons (Fsp3) is 0.263. The van der Waals surface area contributed by atoms with Crippen molar-refractivity contribution in [3.8, 4) is 11.1 Å². The van der Waals surface area contributed by atoms with E-state index < -0.39 is 17.9 Å². The van der Waals surface area contributed by atoms with Gasteiger partial charge in [-0.25, -0.2) is 4.79 Å². The number of carboxylic acids is 1. The van der Waals surface area contributed by atoms with Crippen LogP contribution < -0.4 is 5.32 Å². The van der Waals surface area contributed by atoms with Crippen molar-refractivity contribution in [1.29, 1.82) is 0 Å². The summed E-state index contributed by atoms with van der Waals surface area (Å²) in [6.07, 6.45) is 0. The molecular weight excluding hydrogens is 290 g/mol. The SMILES string of the molecule is CC(C)[C@H](NC(=O)C1c2ccccc2-c2ccccc21)C(=O)O. The van der Waals surface area contributed by atoms with Gasteiger partial charge in [0.25, 0.3) is 0 Å². The van der Waals surface area contributed by atoms with Crippen LogP contribution in [0.25, 0.3) is 11.1 Å². The van der Waals surface area contributed by atoms with Crippen LogP contribution in [0.5, 0.6) is 0 Å². The normalized spacial score (nSPS) is 14.2. The maximum Gasteiger partial charge on any atom is 0.326 e. The van der Waals surface area contributed by atoms with Gasteiger partial charge in [-0.3, -0.25) is 4.79 Å². The average Bonchev–Trinajstić information content (AvgIpc) is 2.86. The maximum absolute atomic E-state index is 12.8. The van der Waals surface area contributed by atoms with Crippen LogP contribution in [0.4, 0.5) is 0 Å². The van der Waals surface area contributed by atoms with E-state index in [0.29, 0.717) is 0 Å². The van der Waals surface area contributed by atoms with Gasteiger partial charge in [0.05, 0.1) is 5.92 Å². The molecule has 0 radical (unpaired) electrons. The highest BCUT2D eigenvalue weighted by Gasteiger charge is 2.35. The summed E-state index contributed by atoms with van der Waals surface area (Å²) in [7, 11) is 0. The zero-order chi connectivity index (χ0) is 16.6. The summed E-state index contributed by atoms with van der Waals surface area (Å²) in [5.41, 5.74) is 3.94. The number of rotatable bonds is 4. The molecule has 4 heteroatoms. The number of hydrogen-bond acceptors (Lipinski definition) is 2. The smallest absolute Gasteiger partial charge is 0.326 e. The molecule has 1 aliphatic carbocycles. The lowest BCUT2D eigenvalue weighted by Gasteiger charge is -2.21. The summed E-state index contributed by atoms with van der Waals surface area (Å²) >= 11 is 0. The highest BCUT2D eigenvalue weighted by Crippen LogP contribution is 2.44. The van der Waals surface area contributed by atoms with Gasteiger partial charge in [0.15, 0.2) is 0 Å². The number of carboxylic acid groups (broad SMARTS) is 1. The lowest BCUT2D eigenvalue weighted by Crippen LogP contribution is -2.46. The molecule has 0 bridgehead atoms. The minimum absolute atomic E-state index is 0.177. The van der Waals surface area contributed by atoms with Crippen molar-refractivity contribution in [2.45, 2.75) is 25.8 Å². The second-order valence-corrected chi connectivity index (χ2v) is 6.18. The maximum atomic E-state index is 12.8. The number of amides is 1. The van der Waals surface area contributed by atoms with Crippen LogP contribution in [-0.4, -0.2) is 23.0 Å². The van der Waals surface area contributed by atoms with Crippen molar-refractivity contribution in [3.05, 3.63) is 59.7 Å². The second kappa shape index (κ2) is 5.88. The molecular formula is C19H19NO3. The van der Waals surface area contributed by atoms with Gasteiger partial charge in [0.2, 0.25) is 5.91 Å². The quantitative estimate of drug-likeness (QED) is 0.912. The van der Waals surface area contributed by atoms with E-state index in [2.05, 4.69) is 5.32 Å². The third-order valence-electron chi connectivity index (χ3n) is 4.33. The summed E-state index contributed by atoms with van der Waals surface area (Å²) in [4.78, 5) is 24.2. The van der Waals surface area contributed by atoms with Gasteiger partial charge in [0.1, 0.15) is 6.04 Å². The van der Waals surface area contributed by atoms with Crippen LogP contribution in [0.2, 0.25) is 0 Å². The molecule has 2 N–H and O–H groups in total. The molecule has 118 valence electrons. The van der Waals surface area contributed by atoms with Crippen molar-refractivity contribution in [2.24, 2.45) is 5.92 Å². The first-order valence-corrected chi connectivity index (χ1v) is 7.72. The van der Waals surface area contributed by atoms with E-state index in [9.17, 15) is 14.7 Å². The molecule has 0 aliphatic heterocycles. The van der Waals surface area contributed by atoms with Crippen molar-refractivity contribution in [3.63, 3.8) is 0 Å². The molecule has 3 rings (SSSR count). The van der Waals surface area contributed by atoms with Crippen LogP contribution in [0.15, 0.2) is 48.5 Å². The summed E-state index contributed by atoms with van der Waals surface area (Å²) in [6.45, 7) is 3.57. The Labute approximate surface area is 135 Å². The van der Waals surface area contributed by atoms with Crippen LogP contribution in [0, 0.1) is 5.92 Å². The lowest BCUT2D eigenvalue weighted by atomic mass is 9.94. The Balaban J connectivity index is 1.99. The minimum atomic E-state index is -1.01. The Kier molecular flexibility index (Phi) is 3.90. The Morgan fingerprint density at radius 2 is 1.43 bits per heavy atom. The molecule has 1 amide bonds. The number of aliphatic carboxylic acids is 1. The molecule has 1 aliphatic rings. The Morgan fingerprint density at radius 3 is 1.87 bits per heavy atom. The second-order valence-electron chi connectivity index (χ2n) is 6.18. The third kappa shape index (κ3) is 2.61. The number of carbonyl (C=O) groups excluding carboxylic acids is 1. The fourth-order valence-corrected chi connectivity index (χ4v) is 3.19. The molecule has 0 unspecified atom stereocenters. The van der Waals surface area contributed by atoms with E-state index in [-0.39, 0.29) is 11.8 Å². The molecule has 0 heterocycles. The molecule has 0 saturated heterocycles. The van der Waals surface area contributed by atoms with Gasteiger partial charge in [-0.2, -0.15) is 0 Å². The molecule has 0 spiro atoms. The summed E-state index contributed by atoms with van der Waals surface area (Å²) in [5, 5.41) is 12.0. The molecule has 2 aromatic carbocycles. The lowest BCUT2D eigenvalue weighted by molar-refractivity contribution is -0.143. The largest absolute Gasteiger partial charge is 0.480 e. The van der Waals surface area contributed by atoms with E-state index in [1.165, 1.54) is 0 Å². The van der Waals surface area contributed by atoms with Crippen LogP contribution in [0.1, 0.15) is 30.9 Å². The van der Waals surface area contributed by atoms with Gasteiger partial charge in [-0.15, -0.1) is 0 Å². The number of hydrogen-bond donors (Lipinski definition) is 2. The molecule has 2 aromatic rings. The number of carbonyl (C=O) groups is 2. The summed E-state index contributed by atoms with van der Waals surface area (Å²) < 4.78 is 0. The van der Waals surface area contributed by atoms with Gasteiger partial charge < -0.3 is 10.4 Å². The highest BCUT2D eigenvalue weighted by molar-refractivity contribution is 5.97. The Morgan fingerprint density at radius 1 is 0.957 bits per heavy atom. The molecule has 23 heavy (non-hydrogen) atoms. The summed E-state index contributed by atoms with van der Waals surface area (Å²) in [5.74, 6) is -1.90. The van der Waals surface area contributed by atoms with Crippen LogP contribution >= 0.6 is 0 Å². The van der Waals surface area contributed by atoms with Gasteiger partial charge in [0, 0.05) is 0 Å². The van der Waals surface area contributed by atoms with E-state index in [1.807, 2.05) is 48.5 Å². The van der Waals surface area contributed by atoms with Crippen molar-refractivity contribution in [2.75, 3.05) is 0 Å². The van der Waals surface area contributed by atoms with Gasteiger partial charge >= 0.3 is 5.97 Å². The number of benzene rings is 2. The van der Waals surface area contributed by atoms with E-state index in [0.717, 1.165) is 22.3 Å². The number of fused-ring (bicyclic) bond motifs is 3. The van der Waals surface area contributed by atoms with E-state index >= 15 is 0 Å². The standard InChI is InChI=1S/C19H19NO3/c1-11(2)17(19(22)23)20-18(21)16-14-9-5-3-7-12(14)13-8-4-6-10-15(13)16/h3-11,16-17H,1-2H3,(H,20,21)(H,22,23)/t17-/m0/s1. The Bertz CT molecular complexity index is 721. The van der Waals surface area contributed by atoms with Crippen molar-refractivity contribution >= 4 is 11.9 Å². The van der Waals surface area contributed by atoms with Crippen LogP contribution in [0.3, 0.4) is 0 Å². The molecule has 4 nitrogen and oxygen atoms in total. The monoisotopic (exact) mass is 309 g/mol. The first-order valence-electron chi connectivity index (χ1n) is 7.72. The number of nitrogens with one attached hydrogen (secondary N) is 1. The van der Waals surface area contributed by atoms with E-state index in [1.54, 1.807) is 13.8 Å². The molecule has 0 fully saturated rings. The van der Waals surface area contributed by atoms with Gasteiger partial charge in [-0.05, 0) is 28.2 Å². The fourth-order valence-electron chi connectivity index (χ4n) is 3.19. The molecule has 1 atom stereocenters. The minimum Gasteiger partial charge on any atom is -0.480 e. The predicted molar refractivity (Wildman–Crippen MR) is 88.1 cm³/mol.